The molecule has 0 bridgehead atoms. The quantitative estimate of drug-likeness (QED) is 0.898. The van der Waals surface area contributed by atoms with E-state index in [4.69, 9.17) is 5.73 Å². The summed E-state index contributed by atoms with van der Waals surface area (Å²) in [5, 5.41) is 9.42. The fourth-order valence-corrected chi connectivity index (χ4v) is 3.87. The van der Waals surface area contributed by atoms with Gasteiger partial charge in [0.2, 0.25) is 0 Å². The molecule has 1 aliphatic carbocycles. The van der Waals surface area contributed by atoms with Crippen LogP contribution in [0.1, 0.15) is 57.2 Å². The molecule has 20 heavy (non-hydrogen) atoms. The fourth-order valence-electron chi connectivity index (χ4n) is 3.87. The topological polar surface area (TPSA) is 58.0 Å². The van der Waals surface area contributed by atoms with Crippen molar-refractivity contribution in [3.63, 3.8) is 0 Å². The zero-order chi connectivity index (χ0) is 14.1. The highest BCUT2D eigenvalue weighted by molar-refractivity contribution is 5.68. The van der Waals surface area contributed by atoms with Crippen molar-refractivity contribution in [2.45, 2.75) is 51.5 Å². The first-order valence-corrected chi connectivity index (χ1v) is 7.86. The van der Waals surface area contributed by atoms with E-state index in [1.165, 1.54) is 38.5 Å². The second-order valence-corrected chi connectivity index (χ2v) is 6.42. The Bertz CT molecular complexity index is 519. The van der Waals surface area contributed by atoms with Gasteiger partial charge in [0, 0.05) is 19.1 Å². The van der Waals surface area contributed by atoms with Gasteiger partial charge in [-0.15, -0.1) is 0 Å². The third-order valence-electron chi connectivity index (χ3n) is 4.80. The fraction of sp³-hybridized carbons (Fsp3) is 0.688. The lowest BCUT2D eigenvalue weighted by molar-refractivity contribution is 0.431. The van der Waals surface area contributed by atoms with Crippen LogP contribution in [0.5, 0.6) is 0 Å². The number of nitriles is 1. The molecule has 0 radical (unpaired) electrons. The first kappa shape index (κ1) is 13.4. The van der Waals surface area contributed by atoms with Gasteiger partial charge in [-0.3, -0.25) is 0 Å². The lowest BCUT2D eigenvalue weighted by atomic mass is 10.0. The molecule has 1 aromatic rings. The van der Waals surface area contributed by atoms with Crippen molar-refractivity contribution in [1.82, 2.24) is 4.57 Å². The number of hydrogen-bond acceptors (Lipinski definition) is 3. The molecule has 2 fully saturated rings. The van der Waals surface area contributed by atoms with E-state index in [0.29, 0.717) is 12.0 Å². The average Bonchev–Trinajstić information content (AvgIpc) is 3.05. The van der Waals surface area contributed by atoms with Crippen LogP contribution in [0.3, 0.4) is 0 Å². The summed E-state index contributed by atoms with van der Waals surface area (Å²) in [4.78, 5) is 2.41. The summed E-state index contributed by atoms with van der Waals surface area (Å²) < 4.78 is 2.24. The number of nitrogens with two attached hydrogens (primary N) is 1. The third kappa shape index (κ3) is 2.26. The normalized spacial score (nSPS) is 24.0. The van der Waals surface area contributed by atoms with Crippen molar-refractivity contribution in [2.24, 2.45) is 5.92 Å². The van der Waals surface area contributed by atoms with Gasteiger partial charge in [0.05, 0.1) is 5.69 Å². The molecule has 2 heterocycles. The Balaban J connectivity index is 2.00. The van der Waals surface area contributed by atoms with Crippen molar-refractivity contribution in [3.05, 3.63) is 11.8 Å². The van der Waals surface area contributed by atoms with Crippen LogP contribution in [0.4, 0.5) is 11.5 Å². The first-order chi connectivity index (χ1) is 9.70. The van der Waals surface area contributed by atoms with Gasteiger partial charge in [0.15, 0.2) is 0 Å². The lowest BCUT2D eigenvalue weighted by Gasteiger charge is -2.35. The van der Waals surface area contributed by atoms with Crippen LogP contribution in [-0.4, -0.2) is 17.7 Å². The number of nitrogen functional groups attached to an aromatic ring is 1. The molecule has 2 aliphatic rings. The van der Waals surface area contributed by atoms with E-state index in [1.807, 2.05) is 6.07 Å². The van der Waals surface area contributed by atoms with Crippen molar-refractivity contribution >= 4 is 11.5 Å². The summed E-state index contributed by atoms with van der Waals surface area (Å²) in [6.45, 7) is 4.43. The second-order valence-electron chi connectivity index (χ2n) is 6.42. The van der Waals surface area contributed by atoms with Crippen LogP contribution in [0, 0.1) is 17.2 Å². The summed E-state index contributed by atoms with van der Waals surface area (Å²) in [6.07, 6.45) is 7.41. The number of piperidine rings is 1. The van der Waals surface area contributed by atoms with Crippen LogP contribution < -0.4 is 10.6 Å². The lowest BCUT2D eigenvalue weighted by Crippen LogP contribution is -2.36. The maximum Gasteiger partial charge on any atom is 0.133 e. The molecule has 0 aromatic carbocycles. The minimum absolute atomic E-state index is 0.467. The van der Waals surface area contributed by atoms with Crippen molar-refractivity contribution in [1.29, 1.82) is 5.26 Å². The molecule has 1 atom stereocenters. The third-order valence-corrected chi connectivity index (χ3v) is 4.80. The maximum atomic E-state index is 9.42. The smallest absolute Gasteiger partial charge is 0.133 e. The van der Waals surface area contributed by atoms with Gasteiger partial charge in [-0.05, 0) is 37.7 Å². The maximum absolute atomic E-state index is 9.42. The standard InChI is InChI=1S/C16H24N4/c1-12-5-4-8-19(11-12)16-15(18)9-14(10-17)20(16)13-6-2-3-7-13/h9,12-13H,2-8,11,18H2,1H3. The van der Waals surface area contributed by atoms with E-state index in [-0.39, 0.29) is 0 Å². The molecule has 4 heteroatoms. The van der Waals surface area contributed by atoms with E-state index in [1.54, 1.807) is 0 Å². The largest absolute Gasteiger partial charge is 0.396 e. The summed E-state index contributed by atoms with van der Waals surface area (Å²) >= 11 is 0. The number of hydrogen-bond donors (Lipinski definition) is 1. The zero-order valence-corrected chi connectivity index (χ0v) is 12.3. The zero-order valence-electron chi connectivity index (χ0n) is 12.3. The monoisotopic (exact) mass is 272 g/mol. The Morgan fingerprint density at radius 2 is 2.00 bits per heavy atom. The molecule has 2 N–H and O–H groups in total. The van der Waals surface area contributed by atoms with E-state index in [2.05, 4.69) is 22.5 Å². The molecule has 1 saturated carbocycles. The molecular formula is C16H24N4. The highest BCUT2D eigenvalue weighted by atomic mass is 15.3. The number of anilines is 2. The molecular weight excluding hydrogens is 248 g/mol. The van der Waals surface area contributed by atoms with Gasteiger partial charge in [0.25, 0.3) is 0 Å². The van der Waals surface area contributed by atoms with Crippen LogP contribution in [0.2, 0.25) is 0 Å². The minimum atomic E-state index is 0.467. The molecule has 4 nitrogen and oxygen atoms in total. The molecule has 1 aromatic heterocycles. The van der Waals surface area contributed by atoms with Gasteiger partial charge in [-0.1, -0.05) is 19.8 Å². The van der Waals surface area contributed by atoms with E-state index in [0.717, 1.165) is 30.3 Å². The van der Waals surface area contributed by atoms with Crippen molar-refractivity contribution in [3.8, 4) is 6.07 Å². The van der Waals surface area contributed by atoms with Gasteiger partial charge in [-0.25, -0.2) is 0 Å². The summed E-state index contributed by atoms with van der Waals surface area (Å²) in [6, 6.07) is 4.68. The van der Waals surface area contributed by atoms with Crippen LogP contribution >= 0.6 is 0 Å². The molecule has 1 aliphatic heterocycles. The van der Waals surface area contributed by atoms with Crippen LogP contribution in [0.25, 0.3) is 0 Å². The van der Waals surface area contributed by atoms with Gasteiger partial charge >= 0.3 is 0 Å². The average molecular weight is 272 g/mol. The Labute approximate surface area is 121 Å². The molecule has 108 valence electrons. The SMILES string of the molecule is CC1CCCN(c2c(N)cc(C#N)n2C2CCCC2)C1. The van der Waals surface area contributed by atoms with E-state index < -0.39 is 0 Å². The highest BCUT2D eigenvalue weighted by Gasteiger charge is 2.28. The van der Waals surface area contributed by atoms with Gasteiger partial charge in [-0.2, -0.15) is 5.26 Å². The second kappa shape index (κ2) is 5.40. The number of rotatable bonds is 2. The van der Waals surface area contributed by atoms with Crippen molar-refractivity contribution < 1.29 is 0 Å². The van der Waals surface area contributed by atoms with Gasteiger partial charge in [0.1, 0.15) is 17.6 Å². The molecule has 1 saturated heterocycles. The van der Waals surface area contributed by atoms with E-state index in [9.17, 15) is 5.26 Å². The number of aromatic nitrogens is 1. The molecule has 0 amide bonds. The Morgan fingerprint density at radius 3 is 2.65 bits per heavy atom. The summed E-state index contributed by atoms with van der Waals surface area (Å²) in [5.41, 5.74) is 7.77. The Kier molecular flexibility index (Phi) is 3.60. The predicted molar refractivity (Wildman–Crippen MR) is 81.7 cm³/mol. The Morgan fingerprint density at radius 1 is 1.25 bits per heavy atom. The predicted octanol–water partition coefficient (Wildman–Crippen LogP) is 3.29. The van der Waals surface area contributed by atoms with Crippen LogP contribution in [0.15, 0.2) is 6.07 Å². The van der Waals surface area contributed by atoms with Crippen molar-refractivity contribution in [2.75, 3.05) is 23.7 Å². The first-order valence-electron chi connectivity index (χ1n) is 7.86. The van der Waals surface area contributed by atoms with Gasteiger partial charge < -0.3 is 15.2 Å². The molecule has 1 unspecified atom stereocenters. The molecule has 3 rings (SSSR count). The van der Waals surface area contributed by atoms with E-state index >= 15 is 0 Å². The summed E-state index contributed by atoms with van der Waals surface area (Å²) in [5.74, 6) is 1.82. The summed E-state index contributed by atoms with van der Waals surface area (Å²) in [7, 11) is 0. The highest BCUT2D eigenvalue weighted by Crippen LogP contribution is 2.39. The molecule has 0 spiro atoms. The number of nitrogens with zero attached hydrogens (tertiary/aromatic N) is 3. The minimum Gasteiger partial charge on any atom is -0.396 e. The van der Waals surface area contributed by atoms with Crippen LogP contribution in [-0.2, 0) is 0 Å². The Hall–Kier alpha value is -1.63.